The number of hydrogen-bond acceptors (Lipinski definition) is 9. The van der Waals surface area contributed by atoms with Crippen molar-refractivity contribution in [3.8, 4) is 5.75 Å². The van der Waals surface area contributed by atoms with Gasteiger partial charge in [0.05, 0.1) is 19.3 Å². The third kappa shape index (κ3) is 4.21. The number of ether oxygens (including phenoxy) is 3. The van der Waals surface area contributed by atoms with Crippen LogP contribution in [0, 0.1) is 11.6 Å². The molecule has 39 heavy (non-hydrogen) atoms. The zero-order chi connectivity index (χ0) is 27.3. The van der Waals surface area contributed by atoms with Crippen LogP contribution >= 0.6 is 11.8 Å². The molecule has 3 aliphatic heterocycles. The molecule has 2 aromatic carbocycles. The van der Waals surface area contributed by atoms with Crippen molar-refractivity contribution in [1.82, 2.24) is 14.6 Å². The Bertz CT molecular complexity index is 1550. The summed E-state index contributed by atoms with van der Waals surface area (Å²) in [6.45, 7) is 1.18. The molecule has 2 atom stereocenters. The number of halogens is 2. The van der Waals surface area contributed by atoms with Crippen LogP contribution in [-0.2, 0) is 20.0 Å². The van der Waals surface area contributed by atoms with Gasteiger partial charge in [-0.15, -0.1) is 11.8 Å². The summed E-state index contributed by atoms with van der Waals surface area (Å²) >= 11 is 1.38. The Labute approximate surface area is 225 Å². The first-order valence-electron chi connectivity index (χ1n) is 12.1. The molecule has 0 spiro atoms. The highest BCUT2D eigenvalue weighted by molar-refractivity contribution is 7.98. The van der Waals surface area contributed by atoms with Gasteiger partial charge in [0.25, 0.3) is 5.91 Å². The van der Waals surface area contributed by atoms with Crippen LogP contribution in [0.2, 0.25) is 0 Å². The average molecular weight is 557 g/mol. The smallest absolute Gasteiger partial charge is 0.316 e. The maximum atomic E-state index is 15.2. The summed E-state index contributed by atoms with van der Waals surface area (Å²) in [5.41, 5.74) is 0.540. The standard InChI is InChI=1S/C26H22F2N4O6S/c1-14(33)37-13-38-24-23-26(35)30-8-9-36-10-20(30)32(31(23)12-29-25(24)34)22-15-6-7-18(27)21(28)17(15)11-39-19-5-3-2-4-16(19)22/h2-7,12,20,22H,8-11,13H2,1H3/t20-,22+/m1/s1. The molecule has 3 aromatic rings. The minimum Gasteiger partial charge on any atom is -0.449 e. The van der Waals surface area contributed by atoms with Crippen LogP contribution in [0.1, 0.15) is 40.1 Å². The molecule has 0 unspecified atom stereocenters. The van der Waals surface area contributed by atoms with Crippen LogP contribution in [0.5, 0.6) is 5.75 Å². The molecule has 202 valence electrons. The van der Waals surface area contributed by atoms with E-state index >= 15 is 4.39 Å². The molecule has 10 nitrogen and oxygen atoms in total. The van der Waals surface area contributed by atoms with Gasteiger partial charge in [0.1, 0.15) is 12.5 Å². The molecule has 4 heterocycles. The minimum atomic E-state index is -0.956. The van der Waals surface area contributed by atoms with E-state index in [1.54, 1.807) is 16.0 Å². The summed E-state index contributed by atoms with van der Waals surface area (Å²) < 4.78 is 47.1. The molecule has 3 aliphatic rings. The number of carbonyl (C=O) groups is 2. The van der Waals surface area contributed by atoms with E-state index in [2.05, 4.69) is 4.98 Å². The number of hydrogen-bond donors (Lipinski definition) is 0. The van der Waals surface area contributed by atoms with Crippen molar-refractivity contribution >= 4 is 23.6 Å². The van der Waals surface area contributed by atoms with Crippen molar-refractivity contribution in [1.29, 1.82) is 0 Å². The number of esters is 1. The Kier molecular flexibility index (Phi) is 6.47. The van der Waals surface area contributed by atoms with Gasteiger partial charge in [-0.3, -0.25) is 19.4 Å². The summed E-state index contributed by atoms with van der Waals surface area (Å²) in [5.74, 6) is -3.23. The van der Waals surface area contributed by atoms with Gasteiger partial charge in [-0.2, -0.15) is 4.98 Å². The number of aromatic nitrogens is 2. The highest BCUT2D eigenvalue weighted by Crippen LogP contribution is 2.45. The SMILES string of the molecule is CC(=O)OCOc1c2n(cnc1=O)N([C@@H]1c3ccccc3SCc3c1ccc(F)c3F)[C@@H]1COCCN1C2=O. The van der Waals surface area contributed by atoms with E-state index in [0.717, 1.165) is 16.5 Å². The fourth-order valence-electron chi connectivity index (χ4n) is 5.17. The van der Waals surface area contributed by atoms with Gasteiger partial charge in [0.2, 0.25) is 12.5 Å². The normalized spacial score (nSPS) is 19.8. The molecule has 1 aromatic heterocycles. The lowest BCUT2D eigenvalue weighted by molar-refractivity contribution is -0.147. The molecule has 6 rings (SSSR count). The van der Waals surface area contributed by atoms with Crippen molar-refractivity contribution in [3.05, 3.63) is 87.1 Å². The van der Waals surface area contributed by atoms with Gasteiger partial charge in [0.15, 0.2) is 17.3 Å². The molecule has 13 heteroatoms. The minimum absolute atomic E-state index is 0.117. The molecule has 0 N–H and O–H groups in total. The zero-order valence-corrected chi connectivity index (χ0v) is 21.5. The fraction of sp³-hybridized carbons (Fsp3) is 0.308. The van der Waals surface area contributed by atoms with Gasteiger partial charge in [-0.05, 0) is 23.3 Å². The van der Waals surface area contributed by atoms with Gasteiger partial charge in [-0.1, -0.05) is 24.3 Å². The first-order valence-corrected chi connectivity index (χ1v) is 13.1. The molecule has 0 aliphatic carbocycles. The molecule has 1 saturated heterocycles. The number of morpholine rings is 1. The second kappa shape index (κ2) is 9.97. The van der Waals surface area contributed by atoms with Crippen LogP contribution in [0.25, 0.3) is 0 Å². The van der Waals surface area contributed by atoms with E-state index in [0.29, 0.717) is 5.56 Å². The summed E-state index contributed by atoms with van der Waals surface area (Å²) in [5, 5.41) is 1.78. The van der Waals surface area contributed by atoms with E-state index in [9.17, 15) is 18.8 Å². The predicted octanol–water partition coefficient (Wildman–Crippen LogP) is 2.57. The number of nitrogens with zero attached hydrogens (tertiary/aromatic N) is 4. The highest BCUT2D eigenvalue weighted by Gasteiger charge is 2.46. The number of thioether (sulfide) groups is 1. The molecule has 0 saturated carbocycles. The van der Waals surface area contributed by atoms with Gasteiger partial charge >= 0.3 is 11.5 Å². The Morgan fingerprint density at radius 1 is 1.18 bits per heavy atom. The van der Waals surface area contributed by atoms with Gasteiger partial charge in [-0.25, -0.2) is 13.5 Å². The van der Waals surface area contributed by atoms with E-state index in [-0.39, 0.29) is 42.5 Å². The van der Waals surface area contributed by atoms with E-state index in [1.165, 1.54) is 29.7 Å². The number of fused-ring (bicyclic) bond motifs is 4. The largest absolute Gasteiger partial charge is 0.449 e. The molecule has 0 bridgehead atoms. The van der Waals surface area contributed by atoms with E-state index in [1.807, 2.05) is 24.3 Å². The van der Waals surface area contributed by atoms with Crippen molar-refractivity contribution in [2.45, 2.75) is 29.8 Å². The van der Waals surface area contributed by atoms with Gasteiger partial charge < -0.3 is 19.1 Å². The number of benzene rings is 2. The maximum Gasteiger partial charge on any atom is 0.316 e. The van der Waals surface area contributed by atoms with Crippen molar-refractivity contribution in [3.63, 3.8) is 0 Å². The second-order valence-corrected chi connectivity index (χ2v) is 10.1. The lowest BCUT2D eigenvalue weighted by Gasteiger charge is -2.51. The molecular weight excluding hydrogens is 534 g/mol. The Morgan fingerprint density at radius 2 is 2.00 bits per heavy atom. The van der Waals surface area contributed by atoms with E-state index < -0.39 is 48.1 Å². The van der Waals surface area contributed by atoms with Crippen LogP contribution in [0.3, 0.4) is 0 Å². The van der Waals surface area contributed by atoms with Crippen molar-refractivity contribution < 1.29 is 32.6 Å². The summed E-state index contributed by atoms with van der Waals surface area (Å²) in [6, 6.07) is 9.39. The summed E-state index contributed by atoms with van der Waals surface area (Å²) in [4.78, 5) is 44.2. The zero-order valence-electron chi connectivity index (χ0n) is 20.6. The molecule has 1 fully saturated rings. The number of rotatable bonds is 4. The number of amides is 1. The lowest BCUT2D eigenvalue weighted by atomic mass is 9.93. The van der Waals surface area contributed by atoms with Gasteiger partial charge in [0, 0.05) is 29.7 Å². The fourth-order valence-corrected chi connectivity index (χ4v) is 6.29. The third-order valence-corrected chi connectivity index (χ3v) is 8.00. The maximum absolute atomic E-state index is 15.2. The Hall–Kier alpha value is -3.97. The van der Waals surface area contributed by atoms with Crippen LogP contribution < -0.4 is 15.3 Å². The van der Waals surface area contributed by atoms with Crippen molar-refractivity contribution in [2.24, 2.45) is 0 Å². The highest BCUT2D eigenvalue weighted by atomic mass is 32.2. The Balaban J connectivity index is 1.60. The molecule has 0 radical (unpaired) electrons. The van der Waals surface area contributed by atoms with E-state index in [4.69, 9.17) is 14.2 Å². The quantitative estimate of drug-likeness (QED) is 0.354. The van der Waals surface area contributed by atoms with Crippen LogP contribution in [-0.4, -0.2) is 59.2 Å². The number of carbonyl (C=O) groups excluding carboxylic acids is 2. The summed E-state index contributed by atoms with van der Waals surface area (Å²) in [7, 11) is 0. The Morgan fingerprint density at radius 3 is 2.82 bits per heavy atom. The van der Waals surface area contributed by atoms with Crippen LogP contribution in [0.4, 0.5) is 8.78 Å². The van der Waals surface area contributed by atoms with Crippen molar-refractivity contribution in [2.75, 3.05) is 31.6 Å². The molecular formula is C26H22F2N4O6S. The second-order valence-electron chi connectivity index (χ2n) is 9.06. The monoisotopic (exact) mass is 556 g/mol. The predicted molar refractivity (Wildman–Crippen MR) is 134 cm³/mol. The first-order chi connectivity index (χ1) is 18.9. The first kappa shape index (κ1) is 25.3. The molecule has 1 amide bonds. The lowest BCUT2D eigenvalue weighted by Crippen LogP contribution is -2.66. The average Bonchev–Trinajstić information content (AvgIpc) is 3.09. The summed E-state index contributed by atoms with van der Waals surface area (Å²) in [6.07, 6.45) is 0.534. The topological polar surface area (TPSA) is 103 Å². The third-order valence-electron chi connectivity index (χ3n) is 6.89. The van der Waals surface area contributed by atoms with Crippen LogP contribution in [0.15, 0.2) is 52.4 Å².